The highest BCUT2D eigenvalue weighted by molar-refractivity contribution is 8.00. The van der Waals surface area contributed by atoms with E-state index in [4.69, 9.17) is 11.2 Å². The van der Waals surface area contributed by atoms with Gasteiger partial charge in [-0.2, -0.15) is 0 Å². The number of nitrogens with zero attached hydrogens (tertiary/aromatic N) is 2. The van der Waals surface area contributed by atoms with Gasteiger partial charge in [0.2, 0.25) is 5.91 Å². The fourth-order valence-corrected chi connectivity index (χ4v) is 5.09. The Balaban J connectivity index is 1.76. The smallest absolute Gasteiger partial charge is 0.408 e. The van der Waals surface area contributed by atoms with Crippen LogP contribution < -0.4 is 10.6 Å². The molecule has 3 rings (SSSR count). The predicted octanol–water partition coefficient (Wildman–Crippen LogP) is 1.71. The van der Waals surface area contributed by atoms with E-state index in [9.17, 15) is 19.5 Å². The Kier molecular flexibility index (Phi) is 9.33. The van der Waals surface area contributed by atoms with E-state index in [0.717, 1.165) is 11.1 Å². The first-order chi connectivity index (χ1) is 17.2. The molecule has 1 aliphatic rings. The normalized spacial score (nSPS) is 17.9. The van der Waals surface area contributed by atoms with Crippen molar-refractivity contribution in [1.82, 2.24) is 20.5 Å². The minimum absolute atomic E-state index is 0.169. The van der Waals surface area contributed by atoms with Crippen LogP contribution in [0.25, 0.3) is 0 Å². The van der Waals surface area contributed by atoms with Crippen LogP contribution in [0.4, 0.5) is 4.79 Å². The van der Waals surface area contributed by atoms with Crippen LogP contribution in [0.2, 0.25) is 0 Å². The molecule has 1 aromatic heterocycles. The van der Waals surface area contributed by atoms with E-state index < -0.39 is 34.9 Å². The summed E-state index contributed by atoms with van der Waals surface area (Å²) in [6.07, 6.45) is 6.12. The van der Waals surface area contributed by atoms with Gasteiger partial charge < -0.3 is 25.4 Å². The lowest BCUT2D eigenvalue weighted by Crippen LogP contribution is -2.58. The Morgan fingerprint density at radius 3 is 2.58 bits per heavy atom. The van der Waals surface area contributed by atoms with Crippen LogP contribution in [0.1, 0.15) is 25.0 Å². The Bertz CT molecular complexity index is 1090. The summed E-state index contributed by atoms with van der Waals surface area (Å²) in [5.74, 6) is 1.43. The van der Waals surface area contributed by atoms with Crippen molar-refractivity contribution in [3.8, 4) is 12.3 Å². The van der Waals surface area contributed by atoms with E-state index in [2.05, 4.69) is 21.5 Å². The maximum Gasteiger partial charge on any atom is 0.408 e. The van der Waals surface area contributed by atoms with E-state index in [-0.39, 0.29) is 31.4 Å². The van der Waals surface area contributed by atoms with Crippen molar-refractivity contribution in [1.29, 1.82) is 0 Å². The topological polar surface area (TPSA) is 121 Å². The van der Waals surface area contributed by atoms with Gasteiger partial charge in [0.05, 0.1) is 11.9 Å². The first-order valence-electron chi connectivity index (χ1n) is 11.4. The molecule has 3 N–H and O–H groups in total. The molecule has 9 nitrogen and oxygen atoms in total. The van der Waals surface area contributed by atoms with Crippen molar-refractivity contribution in [2.75, 3.05) is 12.5 Å². The molecule has 190 valence electrons. The number of benzene rings is 1. The van der Waals surface area contributed by atoms with E-state index in [1.807, 2.05) is 44.2 Å². The van der Waals surface area contributed by atoms with Crippen LogP contribution in [0.15, 0.2) is 54.9 Å². The Hall–Kier alpha value is -3.55. The molecule has 2 heterocycles. The lowest BCUT2D eigenvalue weighted by molar-refractivity contribution is -0.147. The number of thioether (sulfide) groups is 1. The molecule has 0 spiro atoms. The molecule has 1 aromatic carbocycles. The van der Waals surface area contributed by atoms with Crippen molar-refractivity contribution < 1.29 is 24.2 Å². The fourth-order valence-electron chi connectivity index (χ4n) is 3.95. The number of terminal acetylenes is 1. The number of alkyl carbamates (subject to hydrolysis) is 1. The SMILES string of the molecule is C#CCOC(=O)NC(Cc1ccccc1)C(O)C(=O)N1CSC(C)(C)C1C(=O)NCc1ccncc1. The van der Waals surface area contributed by atoms with Gasteiger partial charge in [0.1, 0.15) is 6.04 Å². The number of ether oxygens (including phenoxy) is 1. The Morgan fingerprint density at radius 2 is 1.92 bits per heavy atom. The Morgan fingerprint density at radius 1 is 1.22 bits per heavy atom. The van der Waals surface area contributed by atoms with E-state index in [1.54, 1.807) is 24.5 Å². The number of aliphatic hydroxyl groups is 1. The van der Waals surface area contributed by atoms with Crippen LogP contribution in [-0.4, -0.2) is 68.3 Å². The summed E-state index contributed by atoms with van der Waals surface area (Å²) in [7, 11) is 0. The van der Waals surface area contributed by atoms with Gasteiger partial charge in [0.15, 0.2) is 12.7 Å². The highest BCUT2D eigenvalue weighted by atomic mass is 32.2. The summed E-state index contributed by atoms with van der Waals surface area (Å²) in [6, 6.07) is 10.9. The minimum atomic E-state index is -1.62. The maximum absolute atomic E-state index is 13.5. The standard InChI is InChI=1S/C26H30N4O5S/c1-4-14-35-25(34)29-20(15-18-8-6-5-7-9-18)21(31)24(33)30-17-36-26(2,3)22(30)23(32)28-16-19-10-12-27-13-11-19/h1,5-13,20-22,31H,14-17H2,2-3H3,(H,28,32)(H,29,34). The first kappa shape index (κ1) is 27.0. The van der Waals surface area contributed by atoms with Crippen molar-refractivity contribution in [2.45, 2.75) is 49.7 Å². The second-order valence-electron chi connectivity index (χ2n) is 8.83. The van der Waals surface area contributed by atoms with Crippen LogP contribution >= 0.6 is 11.8 Å². The number of nitrogens with one attached hydrogen (secondary N) is 2. The van der Waals surface area contributed by atoms with Crippen LogP contribution in [0.5, 0.6) is 0 Å². The molecular formula is C26H30N4O5S. The zero-order chi connectivity index (χ0) is 26.1. The monoisotopic (exact) mass is 510 g/mol. The van der Waals surface area contributed by atoms with E-state index >= 15 is 0 Å². The quantitative estimate of drug-likeness (QED) is 0.439. The number of amides is 3. The number of pyridine rings is 1. The van der Waals surface area contributed by atoms with Gasteiger partial charge in [-0.05, 0) is 43.5 Å². The maximum atomic E-state index is 13.5. The van der Waals surface area contributed by atoms with Crippen molar-refractivity contribution >= 4 is 29.7 Å². The molecular weight excluding hydrogens is 480 g/mol. The highest BCUT2D eigenvalue weighted by Crippen LogP contribution is 2.39. The average molecular weight is 511 g/mol. The number of hydrogen-bond acceptors (Lipinski definition) is 7. The molecule has 36 heavy (non-hydrogen) atoms. The third-order valence-corrected chi connectivity index (χ3v) is 7.19. The summed E-state index contributed by atoms with van der Waals surface area (Å²) in [5, 5.41) is 16.5. The summed E-state index contributed by atoms with van der Waals surface area (Å²) >= 11 is 1.44. The molecule has 0 bridgehead atoms. The molecule has 1 saturated heterocycles. The molecule has 2 aromatic rings. The first-order valence-corrected chi connectivity index (χ1v) is 12.4. The van der Waals surface area contributed by atoms with Gasteiger partial charge in [-0.3, -0.25) is 14.6 Å². The molecule has 0 aliphatic carbocycles. The lowest BCUT2D eigenvalue weighted by Gasteiger charge is -2.33. The second-order valence-corrected chi connectivity index (χ2v) is 10.4. The van der Waals surface area contributed by atoms with Crippen LogP contribution in [0.3, 0.4) is 0 Å². The molecule has 1 aliphatic heterocycles. The Labute approximate surface area is 215 Å². The number of aliphatic hydroxyl groups excluding tert-OH is 1. The van der Waals surface area contributed by atoms with Gasteiger partial charge in [-0.25, -0.2) is 4.79 Å². The third kappa shape index (κ3) is 6.99. The zero-order valence-corrected chi connectivity index (χ0v) is 21.0. The second kappa shape index (κ2) is 12.4. The summed E-state index contributed by atoms with van der Waals surface area (Å²) in [6.45, 7) is 3.79. The minimum Gasteiger partial charge on any atom is -0.436 e. The molecule has 3 atom stereocenters. The number of aromatic nitrogens is 1. The lowest BCUT2D eigenvalue weighted by atomic mass is 9.97. The van der Waals surface area contributed by atoms with E-state index in [1.165, 1.54) is 16.7 Å². The average Bonchev–Trinajstić information content (AvgIpc) is 3.20. The van der Waals surface area contributed by atoms with Gasteiger partial charge in [0.25, 0.3) is 5.91 Å². The van der Waals surface area contributed by atoms with Crippen molar-refractivity contribution in [2.24, 2.45) is 0 Å². The number of hydrogen-bond donors (Lipinski definition) is 3. The largest absolute Gasteiger partial charge is 0.436 e. The van der Waals surface area contributed by atoms with Crippen molar-refractivity contribution in [3.63, 3.8) is 0 Å². The van der Waals surface area contributed by atoms with Gasteiger partial charge in [-0.15, -0.1) is 18.2 Å². The molecule has 10 heteroatoms. The van der Waals surface area contributed by atoms with Gasteiger partial charge in [-0.1, -0.05) is 36.3 Å². The third-order valence-electron chi connectivity index (χ3n) is 5.82. The van der Waals surface area contributed by atoms with Gasteiger partial charge >= 0.3 is 6.09 Å². The molecule has 0 saturated carbocycles. The molecule has 3 unspecified atom stereocenters. The number of carbonyl (C=O) groups is 3. The van der Waals surface area contributed by atoms with E-state index in [0.29, 0.717) is 0 Å². The molecule has 0 radical (unpaired) electrons. The summed E-state index contributed by atoms with van der Waals surface area (Å²) in [4.78, 5) is 44.2. The fraction of sp³-hybridized carbons (Fsp3) is 0.385. The van der Waals surface area contributed by atoms with Crippen LogP contribution in [-0.2, 0) is 27.3 Å². The highest BCUT2D eigenvalue weighted by Gasteiger charge is 2.49. The molecule has 1 fully saturated rings. The summed E-state index contributed by atoms with van der Waals surface area (Å²) in [5.41, 5.74) is 1.67. The van der Waals surface area contributed by atoms with Gasteiger partial charge in [0, 0.05) is 23.7 Å². The molecule has 3 amide bonds. The zero-order valence-electron chi connectivity index (χ0n) is 20.2. The number of rotatable bonds is 9. The summed E-state index contributed by atoms with van der Waals surface area (Å²) < 4.78 is 4.29. The van der Waals surface area contributed by atoms with Crippen molar-refractivity contribution in [3.05, 3.63) is 66.0 Å². The van der Waals surface area contributed by atoms with Crippen LogP contribution in [0, 0.1) is 12.3 Å². The predicted molar refractivity (Wildman–Crippen MR) is 137 cm³/mol. The number of carbonyl (C=O) groups excluding carboxylic acids is 3.